The first kappa shape index (κ1) is 14.4. The molecule has 1 rings (SSSR count). The number of amides is 1. The lowest BCUT2D eigenvalue weighted by molar-refractivity contribution is -0.141. The van der Waals surface area contributed by atoms with E-state index in [1.54, 1.807) is 6.92 Å². The summed E-state index contributed by atoms with van der Waals surface area (Å²) in [6.45, 7) is 1.75. The fraction of sp³-hybridized carbons (Fsp3) is 0.333. The van der Waals surface area contributed by atoms with E-state index >= 15 is 0 Å². The molecule has 0 saturated carbocycles. The maximum absolute atomic E-state index is 13.6. The van der Waals surface area contributed by atoms with Crippen molar-refractivity contribution in [1.29, 1.82) is 0 Å². The van der Waals surface area contributed by atoms with E-state index in [1.807, 2.05) is 0 Å². The summed E-state index contributed by atoms with van der Waals surface area (Å²) < 4.78 is 18.0. The van der Waals surface area contributed by atoms with Gasteiger partial charge in [0.15, 0.2) is 0 Å². The van der Waals surface area contributed by atoms with Crippen molar-refractivity contribution in [1.82, 2.24) is 4.90 Å². The topological polar surface area (TPSA) is 46.6 Å². The van der Waals surface area contributed by atoms with Crippen molar-refractivity contribution in [3.8, 4) is 0 Å². The SMILES string of the molecule is CCN(CC(=O)OC)C(=O)c1ccc(Cl)cc1F. The monoisotopic (exact) mass is 273 g/mol. The lowest BCUT2D eigenvalue weighted by Gasteiger charge is -2.19. The van der Waals surface area contributed by atoms with Crippen molar-refractivity contribution in [3.63, 3.8) is 0 Å². The number of carbonyl (C=O) groups is 2. The van der Waals surface area contributed by atoms with Gasteiger partial charge in [-0.05, 0) is 25.1 Å². The molecule has 1 aromatic rings. The second-order valence-electron chi connectivity index (χ2n) is 3.52. The summed E-state index contributed by atoms with van der Waals surface area (Å²) in [4.78, 5) is 24.3. The first-order chi connectivity index (χ1) is 8.49. The highest BCUT2D eigenvalue weighted by Crippen LogP contribution is 2.16. The number of halogens is 2. The van der Waals surface area contributed by atoms with Crippen LogP contribution in [0.1, 0.15) is 17.3 Å². The van der Waals surface area contributed by atoms with Gasteiger partial charge in [-0.25, -0.2) is 4.39 Å². The van der Waals surface area contributed by atoms with Gasteiger partial charge in [0, 0.05) is 11.6 Å². The van der Waals surface area contributed by atoms with Crippen LogP contribution in [-0.2, 0) is 9.53 Å². The number of methoxy groups -OCH3 is 1. The molecular weight excluding hydrogens is 261 g/mol. The Balaban J connectivity index is 2.93. The summed E-state index contributed by atoms with van der Waals surface area (Å²) in [6, 6.07) is 3.77. The lowest BCUT2D eigenvalue weighted by atomic mass is 10.2. The van der Waals surface area contributed by atoms with Crippen LogP contribution < -0.4 is 0 Å². The number of nitrogens with zero attached hydrogens (tertiary/aromatic N) is 1. The number of rotatable bonds is 4. The summed E-state index contributed by atoms with van der Waals surface area (Å²) in [5.74, 6) is -1.84. The molecule has 0 aliphatic carbocycles. The minimum absolute atomic E-state index is 0.120. The van der Waals surface area contributed by atoms with Gasteiger partial charge in [-0.3, -0.25) is 9.59 Å². The van der Waals surface area contributed by atoms with Gasteiger partial charge in [0.25, 0.3) is 5.91 Å². The first-order valence-corrected chi connectivity index (χ1v) is 5.68. The van der Waals surface area contributed by atoms with Gasteiger partial charge in [0.2, 0.25) is 0 Å². The molecule has 1 aromatic carbocycles. The lowest BCUT2D eigenvalue weighted by Crippen LogP contribution is -2.36. The average molecular weight is 274 g/mol. The van der Waals surface area contributed by atoms with Crippen molar-refractivity contribution >= 4 is 23.5 Å². The largest absolute Gasteiger partial charge is 0.468 e. The Kier molecular flexibility index (Phi) is 5.09. The Hall–Kier alpha value is -1.62. The zero-order valence-electron chi connectivity index (χ0n) is 10.1. The third kappa shape index (κ3) is 3.43. The van der Waals surface area contributed by atoms with Crippen molar-refractivity contribution in [2.75, 3.05) is 20.2 Å². The summed E-state index contributed by atoms with van der Waals surface area (Å²) >= 11 is 5.60. The highest BCUT2D eigenvalue weighted by atomic mass is 35.5. The zero-order valence-corrected chi connectivity index (χ0v) is 10.8. The van der Waals surface area contributed by atoms with E-state index in [4.69, 9.17) is 11.6 Å². The molecule has 0 N–H and O–H groups in total. The molecule has 0 bridgehead atoms. The fourth-order valence-electron chi connectivity index (χ4n) is 1.38. The first-order valence-electron chi connectivity index (χ1n) is 5.30. The molecule has 0 spiro atoms. The van der Waals surface area contributed by atoms with E-state index in [2.05, 4.69) is 4.74 Å². The molecular formula is C12H13ClFNO3. The Labute approximate surface area is 109 Å². The third-order valence-electron chi connectivity index (χ3n) is 2.38. The van der Waals surface area contributed by atoms with Crippen LogP contribution >= 0.6 is 11.6 Å². The Bertz CT molecular complexity index is 465. The van der Waals surface area contributed by atoms with Crippen LogP contribution in [0, 0.1) is 5.82 Å². The van der Waals surface area contributed by atoms with Crippen LogP contribution in [-0.4, -0.2) is 37.0 Å². The Morgan fingerprint density at radius 1 is 1.44 bits per heavy atom. The molecule has 0 aromatic heterocycles. The normalized spacial score (nSPS) is 10.0. The number of esters is 1. The highest BCUT2D eigenvalue weighted by molar-refractivity contribution is 6.30. The van der Waals surface area contributed by atoms with Crippen LogP contribution in [0.3, 0.4) is 0 Å². The van der Waals surface area contributed by atoms with Crippen molar-refractivity contribution in [2.45, 2.75) is 6.92 Å². The molecule has 0 radical (unpaired) electrons. The minimum atomic E-state index is -0.712. The molecule has 0 saturated heterocycles. The quantitative estimate of drug-likeness (QED) is 0.790. The molecule has 0 atom stereocenters. The van der Waals surface area contributed by atoms with Gasteiger partial charge < -0.3 is 9.64 Å². The van der Waals surface area contributed by atoms with Crippen LogP contribution in [0.15, 0.2) is 18.2 Å². The predicted molar refractivity (Wildman–Crippen MR) is 65.0 cm³/mol. The van der Waals surface area contributed by atoms with Gasteiger partial charge in [-0.1, -0.05) is 11.6 Å². The Morgan fingerprint density at radius 2 is 2.11 bits per heavy atom. The summed E-state index contributed by atoms with van der Waals surface area (Å²) in [5, 5.41) is 0.208. The van der Waals surface area contributed by atoms with E-state index in [1.165, 1.54) is 24.1 Å². The number of hydrogen-bond acceptors (Lipinski definition) is 3. The number of carbonyl (C=O) groups excluding carboxylic acids is 2. The van der Waals surface area contributed by atoms with E-state index in [0.29, 0.717) is 0 Å². The molecule has 0 fully saturated rings. The van der Waals surface area contributed by atoms with Gasteiger partial charge in [-0.15, -0.1) is 0 Å². The van der Waals surface area contributed by atoms with Crippen LogP contribution in [0.25, 0.3) is 0 Å². The van der Waals surface area contributed by atoms with Gasteiger partial charge >= 0.3 is 5.97 Å². The molecule has 98 valence electrons. The summed E-state index contributed by atoms with van der Waals surface area (Å²) in [6.07, 6.45) is 0. The van der Waals surface area contributed by atoms with Crippen molar-refractivity contribution < 1.29 is 18.7 Å². The molecule has 4 nitrogen and oxygen atoms in total. The summed E-state index contributed by atoms with van der Waals surface area (Å²) in [7, 11) is 1.23. The van der Waals surface area contributed by atoms with Crippen molar-refractivity contribution in [3.05, 3.63) is 34.6 Å². The summed E-state index contributed by atoms with van der Waals surface area (Å²) in [5.41, 5.74) is -0.120. The van der Waals surface area contributed by atoms with E-state index < -0.39 is 17.7 Å². The van der Waals surface area contributed by atoms with Gasteiger partial charge in [-0.2, -0.15) is 0 Å². The van der Waals surface area contributed by atoms with Gasteiger partial charge in [0.05, 0.1) is 12.7 Å². The molecule has 0 aliphatic rings. The smallest absolute Gasteiger partial charge is 0.325 e. The van der Waals surface area contributed by atoms with E-state index in [9.17, 15) is 14.0 Å². The molecule has 0 heterocycles. The maximum atomic E-state index is 13.6. The molecule has 1 amide bonds. The van der Waals surface area contributed by atoms with Crippen LogP contribution in [0.4, 0.5) is 4.39 Å². The standard InChI is InChI=1S/C12H13ClFNO3/c1-3-15(7-11(16)18-2)12(17)9-5-4-8(13)6-10(9)14/h4-6H,3,7H2,1-2H3. The number of likely N-dealkylation sites (N-methyl/N-ethyl adjacent to an activating group) is 1. The maximum Gasteiger partial charge on any atom is 0.325 e. The third-order valence-corrected chi connectivity index (χ3v) is 2.61. The van der Waals surface area contributed by atoms with Crippen LogP contribution in [0.5, 0.6) is 0 Å². The second kappa shape index (κ2) is 6.35. The second-order valence-corrected chi connectivity index (χ2v) is 3.96. The number of hydrogen-bond donors (Lipinski definition) is 0. The van der Waals surface area contributed by atoms with Crippen LogP contribution in [0.2, 0.25) is 5.02 Å². The van der Waals surface area contributed by atoms with Gasteiger partial charge in [0.1, 0.15) is 12.4 Å². The van der Waals surface area contributed by atoms with Crippen molar-refractivity contribution in [2.24, 2.45) is 0 Å². The molecule has 6 heteroatoms. The molecule has 18 heavy (non-hydrogen) atoms. The fourth-order valence-corrected chi connectivity index (χ4v) is 1.54. The zero-order chi connectivity index (χ0) is 13.7. The number of ether oxygens (including phenoxy) is 1. The highest BCUT2D eigenvalue weighted by Gasteiger charge is 2.20. The molecule has 0 unspecified atom stereocenters. The Morgan fingerprint density at radius 3 is 2.61 bits per heavy atom. The minimum Gasteiger partial charge on any atom is -0.468 e. The average Bonchev–Trinajstić information content (AvgIpc) is 2.34. The molecule has 0 aliphatic heterocycles. The predicted octanol–water partition coefficient (Wildman–Crippen LogP) is 2.11. The van der Waals surface area contributed by atoms with E-state index in [0.717, 1.165) is 6.07 Å². The van der Waals surface area contributed by atoms with E-state index in [-0.39, 0.29) is 23.7 Å². The number of benzene rings is 1.